The number of halogens is 3. The Morgan fingerprint density at radius 2 is 2.00 bits per heavy atom. The normalized spacial score (nSPS) is 12.1. The summed E-state index contributed by atoms with van der Waals surface area (Å²) < 4.78 is 25.7. The highest BCUT2D eigenvalue weighted by atomic mass is 79.9. The van der Waals surface area contributed by atoms with Gasteiger partial charge in [-0.1, -0.05) is 17.7 Å². The predicted molar refractivity (Wildman–Crippen MR) is 82.6 cm³/mol. The highest BCUT2D eigenvalue weighted by Crippen LogP contribution is 2.23. The first-order valence-corrected chi connectivity index (χ1v) is 8.22. The Hall–Kier alpha value is -1.24. The number of rotatable bonds is 4. The van der Waals surface area contributed by atoms with Crippen LogP contribution >= 0.6 is 27.5 Å². The second-order valence-electron chi connectivity index (χ2n) is 4.19. The second-order valence-corrected chi connectivity index (χ2v) is 6.90. The summed E-state index contributed by atoms with van der Waals surface area (Å²) >= 11 is 8.83. The first-order valence-electron chi connectivity index (χ1n) is 5.73. The van der Waals surface area contributed by atoms with Gasteiger partial charge in [-0.25, -0.2) is 9.18 Å². The van der Waals surface area contributed by atoms with Crippen LogP contribution in [0.25, 0.3) is 0 Å². The smallest absolute Gasteiger partial charge is 0.337 e. The molecule has 2 aromatic carbocycles. The highest BCUT2D eigenvalue weighted by Gasteiger charge is 2.13. The van der Waals surface area contributed by atoms with Crippen LogP contribution in [0.1, 0.15) is 15.9 Å². The average Bonchev–Trinajstić information content (AvgIpc) is 2.43. The summed E-state index contributed by atoms with van der Waals surface area (Å²) in [5.74, 6) is -1.42. The van der Waals surface area contributed by atoms with Crippen molar-refractivity contribution in [1.29, 1.82) is 0 Å². The fourth-order valence-corrected chi connectivity index (χ4v) is 3.42. The number of hydrogen-bond acceptors (Lipinski definition) is 2. The summed E-state index contributed by atoms with van der Waals surface area (Å²) in [5.41, 5.74) is 0.580. The van der Waals surface area contributed by atoms with Gasteiger partial charge in [-0.15, -0.1) is 0 Å². The van der Waals surface area contributed by atoms with Crippen LogP contribution in [-0.2, 0) is 16.6 Å². The Morgan fingerprint density at radius 1 is 1.29 bits per heavy atom. The maximum absolute atomic E-state index is 13.1. The van der Waals surface area contributed by atoms with Crippen molar-refractivity contribution in [1.82, 2.24) is 0 Å². The lowest BCUT2D eigenvalue weighted by Gasteiger charge is -2.06. The third-order valence-corrected chi connectivity index (χ3v) is 5.03. The summed E-state index contributed by atoms with van der Waals surface area (Å²) in [6, 6.07) is 8.57. The summed E-state index contributed by atoms with van der Waals surface area (Å²) in [4.78, 5) is 11.4. The van der Waals surface area contributed by atoms with E-state index in [4.69, 9.17) is 16.7 Å². The Morgan fingerprint density at radius 3 is 2.62 bits per heavy atom. The largest absolute Gasteiger partial charge is 0.478 e. The van der Waals surface area contributed by atoms with Crippen LogP contribution in [0.3, 0.4) is 0 Å². The van der Waals surface area contributed by atoms with E-state index < -0.39 is 22.6 Å². The van der Waals surface area contributed by atoms with Crippen LogP contribution in [0.15, 0.2) is 45.8 Å². The summed E-state index contributed by atoms with van der Waals surface area (Å²) in [5, 5.41) is 9.09. The van der Waals surface area contributed by atoms with Crippen LogP contribution in [0.2, 0.25) is 5.02 Å². The Bertz CT molecular complexity index is 736. The molecule has 21 heavy (non-hydrogen) atoms. The van der Waals surface area contributed by atoms with Crippen molar-refractivity contribution in [3.05, 3.63) is 62.8 Å². The summed E-state index contributed by atoms with van der Waals surface area (Å²) in [7, 11) is -1.45. The van der Waals surface area contributed by atoms with Gasteiger partial charge in [0.1, 0.15) is 5.82 Å². The number of aromatic carboxylic acids is 1. The molecule has 0 heterocycles. The van der Waals surface area contributed by atoms with E-state index >= 15 is 0 Å². The molecular formula is C14H9BrClFO3S. The van der Waals surface area contributed by atoms with Crippen molar-refractivity contribution in [2.45, 2.75) is 10.6 Å². The zero-order valence-corrected chi connectivity index (χ0v) is 13.6. The monoisotopic (exact) mass is 390 g/mol. The zero-order chi connectivity index (χ0) is 15.6. The van der Waals surface area contributed by atoms with Gasteiger partial charge in [-0.05, 0) is 51.8 Å². The van der Waals surface area contributed by atoms with Gasteiger partial charge in [0.15, 0.2) is 0 Å². The van der Waals surface area contributed by atoms with Crippen molar-refractivity contribution in [2.24, 2.45) is 0 Å². The third kappa shape index (κ3) is 3.90. The molecule has 0 aromatic heterocycles. The molecular weight excluding hydrogens is 383 g/mol. The van der Waals surface area contributed by atoms with E-state index in [0.29, 0.717) is 14.9 Å². The number of carboxylic acids is 1. The minimum atomic E-state index is -1.45. The topological polar surface area (TPSA) is 54.4 Å². The molecule has 110 valence electrons. The van der Waals surface area contributed by atoms with E-state index in [1.54, 1.807) is 6.07 Å². The Kier molecular flexibility index (Phi) is 5.13. The lowest BCUT2D eigenvalue weighted by molar-refractivity contribution is 0.0697. The van der Waals surface area contributed by atoms with Gasteiger partial charge < -0.3 is 5.11 Å². The van der Waals surface area contributed by atoms with Crippen LogP contribution in [0.4, 0.5) is 4.39 Å². The van der Waals surface area contributed by atoms with Gasteiger partial charge in [0.25, 0.3) is 0 Å². The molecule has 1 N–H and O–H groups in total. The molecule has 0 saturated heterocycles. The zero-order valence-electron chi connectivity index (χ0n) is 10.5. The number of carboxylic acid groups (broad SMARTS) is 1. The fraction of sp³-hybridized carbons (Fsp3) is 0.0714. The molecule has 0 saturated carbocycles. The van der Waals surface area contributed by atoms with Gasteiger partial charge in [0, 0.05) is 4.90 Å². The van der Waals surface area contributed by atoms with E-state index in [2.05, 4.69) is 15.9 Å². The Balaban J connectivity index is 2.26. The molecule has 0 amide bonds. The lowest BCUT2D eigenvalue weighted by atomic mass is 10.2. The van der Waals surface area contributed by atoms with Crippen LogP contribution in [0.5, 0.6) is 0 Å². The number of hydrogen-bond donors (Lipinski definition) is 1. The van der Waals surface area contributed by atoms with E-state index in [9.17, 15) is 13.4 Å². The van der Waals surface area contributed by atoms with Gasteiger partial charge in [0.2, 0.25) is 0 Å². The first-order chi connectivity index (χ1) is 9.88. The third-order valence-electron chi connectivity index (χ3n) is 2.71. The number of benzene rings is 2. The van der Waals surface area contributed by atoms with Gasteiger partial charge in [-0.2, -0.15) is 0 Å². The van der Waals surface area contributed by atoms with Crippen LogP contribution in [0, 0.1) is 5.82 Å². The molecule has 2 aromatic rings. The van der Waals surface area contributed by atoms with E-state index in [1.165, 1.54) is 30.3 Å². The molecule has 0 spiro atoms. The van der Waals surface area contributed by atoms with Crippen molar-refractivity contribution >= 4 is 44.3 Å². The maximum Gasteiger partial charge on any atom is 0.337 e. The molecule has 0 bridgehead atoms. The molecule has 0 radical (unpaired) electrons. The highest BCUT2D eigenvalue weighted by molar-refractivity contribution is 9.10. The van der Waals surface area contributed by atoms with Crippen molar-refractivity contribution < 1.29 is 18.5 Å². The molecule has 1 unspecified atom stereocenters. The molecule has 2 rings (SSSR count). The summed E-state index contributed by atoms with van der Waals surface area (Å²) in [6.07, 6.45) is 0. The van der Waals surface area contributed by atoms with Crippen molar-refractivity contribution in [3.63, 3.8) is 0 Å². The fourth-order valence-electron chi connectivity index (χ4n) is 1.67. The first kappa shape index (κ1) is 16.1. The molecule has 0 aliphatic heterocycles. The van der Waals surface area contributed by atoms with Gasteiger partial charge in [0.05, 0.1) is 31.6 Å². The van der Waals surface area contributed by atoms with Crippen molar-refractivity contribution in [3.8, 4) is 0 Å². The summed E-state index contributed by atoms with van der Waals surface area (Å²) in [6.45, 7) is 0. The molecule has 1 atom stereocenters. The van der Waals surface area contributed by atoms with Crippen molar-refractivity contribution in [2.75, 3.05) is 0 Å². The molecule has 0 aliphatic rings. The van der Waals surface area contributed by atoms with Gasteiger partial charge >= 0.3 is 5.97 Å². The Labute approximate surface area is 136 Å². The van der Waals surface area contributed by atoms with E-state index in [0.717, 1.165) is 0 Å². The standard InChI is InChI=1S/C14H9BrClFO3S/c15-11-5-8(1-4-13(11)17)7-21(20)9-2-3-12(16)10(6-9)14(18)19/h1-6H,7H2,(H,18,19). The van der Waals surface area contributed by atoms with E-state index in [-0.39, 0.29) is 16.3 Å². The van der Waals surface area contributed by atoms with Crippen LogP contribution in [-0.4, -0.2) is 15.3 Å². The quantitative estimate of drug-likeness (QED) is 0.848. The average molecular weight is 392 g/mol. The maximum atomic E-state index is 13.1. The minimum Gasteiger partial charge on any atom is -0.478 e. The molecule has 3 nitrogen and oxygen atoms in total. The molecule has 7 heteroatoms. The minimum absolute atomic E-state index is 0.0905. The predicted octanol–water partition coefficient (Wildman–Crippen LogP) is 4.25. The number of carbonyl (C=O) groups is 1. The second kappa shape index (κ2) is 6.68. The molecule has 0 aliphatic carbocycles. The van der Waals surface area contributed by atoms with E-state index in [1.807, 2.05) is 0 Å². The SMILES string of the molecule is O=C(O)c1cc(S(=O)Cc2ccc(F)c(Br)c2)ccc1Cl. The van der Waals surface area contributed by atoms with Gasteiger partial charge in [-0.3, -0.25) is 4.21 Å². The molecule has 0 fully saturated rings. The lowest BCUT2D eigenvalue weighted by Crippen LogP contribution is -2.02. The van der Waals surface area contributed by atoms with Crippen LogP contribution < -0.4 is 0 Å².